The minimum absolute atomic E-state index is 0.0895. The molecule has 0 bridgehead atoms. The molecule has 3 heterocycles. The Bertz CT molecular complexity index is 944. The SMILES string of the molecule is CCCC1=C(C)C2=C(NC1c1cn[nH]c1C)C(OCCN(C)CCOC)=CC1NN=CC21. The maximum Gasteiger partial charge on any atom is 0.140 e. The molecule has 0 saturated carbocycles. The molecule has 3 unspecified atom stereocenters. The third-order valence-electron chi connectivity index (χ3n) is 6.66. The number of allylic oxidation sites excluding steroid dienone is 1. The van der Waals surface area contributed by atoms with Crippen molar-refractivity contribution >= 4 is 6.21 Å². The van der Waals surface area contributed by atoms with Gasteiger partial charge in [-0.05, 0) is 50.1 Å². The third kappa shape index (κ3) is 4.34. The molecule has 0 radical (unpaired) electrons. The van der Waals surface area contributed by atoms with Crippen LogP contribution in [0.2, 0.25) is 0 Å². The van der Waals surface area contributed by atoms with Crippen LogP contribution >= 0.6 is 0 Å². The molecule has 8 nitrogen and oxygen atoms in total. The van der Waals surface area contributed by atoms with E-state index >= 15 is 0 Å². The van der Waals surface area contributed by atoms with E-state index in [2.05, 4.69) is 64.8 Å². The Labute approximate surface area is 190 Å². The molecule has 3 aliphatic rings. The number of aryl methyl sites for hydroxylation is 1. The van der Waals surface area contributed by atoms with Crippen LogP contribution in [0, 0.1) is 12.8 Å². The Hall–Kier alpha value is -2.58. The predicted octanol–water partition coefficient (Wildman–Crippen LogP) is 2.80. The second-order valence-corrected chi connectivity index (χ2v) is 8.85. The summed E-state index contributed by atoms with van der Waals surface area (Å²) in [6.45, 7) is 9.63. The fourth-order valence-electron chi connectivity index (χ4n) is 4.84. The van der Waals surface area contributed by atoms with Crippen molar-refractivity contribution in [3.05, 3.63) is 51.7 Å². The fraction of sp³-hybridized carbons (Fsp3) is 0.583. The van der Waals surface area contributed by atoms with Crippen LogP contribution in [-0.2, 0) is 9.47 Å². The Balaban J connectivity index is 1.63. The van der Waals surface area contributed by atoms with Gasteiger partial charge in [-0.2, -0.15) is 10.2 Å². The van der Waals surface area contributed by atoms with E-state index in [0.29, 0.717) is 6.61 Å². The molecule has 0 aromatic carbocycles. The number of hydrazone groups is 1. The van der Waals surface area contributed by atoms with Crippen molar-refractivity contribution in [1.29, 1.82) is 0 Å². The summed E-state index contributed by atoms with van der Waals surface area (Å²) < 4.78 is 11.5. The van der Waals surface area contributed by atoms with Crippen LogP contribution in [0.1, 0.15) is 44.0 Å². The van der Waals surface area contributed by atoms with Gasteiger partial charge >= 0.3 is 0 Å². The van der Waals surface area contributed by atoms with Gasteiger partial charge in [0, 0.05) is 43.6 Å². The van der Waals surface area contributed by atoms with Crippen molar-refractivity contribution in [1.82, 2.24) is 25.8 Å². The van der Waals surface area contributed by atoms with E-state index in [1.54, 1.807) is 7.11 Å². The molecule has 0 spiro atoms. The zero-order chi connectivity index (χ0) is 22.7. The predicted molar refractivity (Wildman–Crippen MR) is 126 cm³/mol. The van der Waals surface area contributed by atoms with Crippen LogP contribution in [0.25, 0.3) is 0 Å². The smallest absolute Gasteiger partial charge is 0.140 e. The molecule has 1 aromatic heterocycles. The first kappa shape index (κ1) is 22.6. The molecule has 0 fully saturated rings. The average molecular weight is 441 g/mol. The number of hydrogen-bond acceptors (Lipinski definition) is 7. The van der Waals surface area contributed by atoms with Crippen LogP contribution in [0.4, 0.5) is 0 Å². The van der Waals surface area contributed by atoms with Gasteiger partial charge in [-0.3, -0.25) is 5.10 Å². The number of nitrogens with zero attached hydrogens (tertiary/aromatic N) is 3. The van der Waals surface area contributed by atoms with Gasteiger partial charge in [0.15, 0.2) is 0 Å². The number of H-pyrrole nitrogens is 1. The fourth-order valence-corrected chi connectivity index (χ4v) is 4.84. The first-order valence-electron chi connectivity index (χ1n) is 11.6. The van der Waals surface area contributed by atoms with Crippen LogP contribution in [0.5, 0.6) is 0 Å². The minimum atomic E-state index is 0.0895. The van der Waals surface area contributed by atoms with Gasteiger partial charge in [0.2, 0.25) is 0 Å². The molecule has 1 aliphatic carbocycles. The Morgan fingerprint density at radius 2 is 2.00 bits per heavy atom. The van der Waals surface area contributed by atoms with Crippen LogP contribution in [-0.4, -0.2) is 67.8 Å². The lowest BCUT2D eigenvalue weighted by molar-refractivity contribution is 0.133. The molecule has 0 saturated heterocycles. The van der Waals surface area contributed by atoms with E-state index < -0.39 is 0 Å². The van der Waals surface area contributed by atoms with Gasteiger partial charge < -0.3 is 25.1 Å². The standard InChI is InChI=1S/C24H36N6O2/c1-6-7-17-15(2)22-19-14-26-29-20(19)12-21(32-11-9-30(4)8-10-31-5)24(22)27-23(17)18-13-25-28-16(18)3/h12-14,19-20,23,27,29H,6-11H2,1-5H3,(H,25,28). The number of rotatable bonds is 10. The summed E-state index contributed by atoms with van der Waals surface area (Å²) in [5.41, 5.74) is 10.7. The Morgan fingerprint density at radius 1 is 1.19 bits per heavy atom. The van der Waals surface area contributed by atoms with Gasteiger partial charge in [-0.1, -0.05) is 13.3 Å². The number of aromatic amines is 1. The van der Waals surface area contributed by atoms with Gasteiger partial charge in [-0.25, -0.2) is 0 Å². The lowest BCUT2D eigenvalue weighted by Crippen LogP contribution is -2.39. The maximum absolute atomic E-state index is 6.37. The monoisotopic (exact) mass is 440 g/mol. The highest BCUT2D eigenvalue weighted by molar-refractivity contribution is 5.74. The number of fused-ring (bicyclic) bond motifs is 2. The van der Waals surface area contributed by atoms with Crippen molar-refractivity contribution in [3.63, 3.8) is 0 Å². The molecule has 3 N–H and O–H groups in total. The lowest BCUT2D eigenvalue weighted by atomic mass is 9.76. The van der Waals surface area contributed by atoms with E-state index in [1.807, 2.05) is 12.4 Å². The van der Waals surface area contributed by atoms with E-state index in [4.69, 9.17) is 9.47 Å². The summed E-state index contributed by atoms with van der Waals surface area (Å²) in [5.74, 6) is 1.12. The molecule has 0 amide bonds. The quantitative estimate of drug-likeness (QED) is 0.519. The second kappa shape index (κ2) is 9.92. The summed E-state index contributed by atoms with van der Waals surface area (Å²) in [6.07, 6.45) is 8.29. The maximum atomic E-state index is 6.37. The van der Waals surface area contributed by atoms with Gasteiger partial charge in [0.1, 0.15) is 12.4 Å². The zero-order valence-corrected chi connectivity index (χ0v) is 19.9. The second-order valence-electron chi connectivity index (χ2n) is 8.85. The Morgan fingerprint density at radius 3 is 2.72 bits per heavy atom. The van der Waals surface area contributed by atoms with Crippen molar-refractivity contribution in [2.24, 2.45) is 11.0 Å². The highest BCUT2D eigenvalue weighted by Crippen LogP contribution is 2.44. The first-order valence-corrected chi connectivity index (χ1v) is 11.6. The molecule has 174 valence electrons. The van der Waals surface area contributed by atoms with Gasteiger partial charge in [-0.15, -0.1) is 0 Å². The molecule has 8 heteroatoms. The third-order valence-corrected chi connectivity index (χ3v) is 6.66. The van der Waals surface area contributed by atoms with E-state index in [1.165, 1.54) is 22.3 Å². The number of nitrogens with one attached hydrogen (secondary N) is 3. The average Bonchev–Trinajstić information content (AvgIpc) is 3.42. The molecular formula is C24H36N6O2. The largest absolute Gasteiger partial charge is 0.490 e. The van der Waals surface area contributed by atoms with Gasteiger partial charge in [0.05, 0.1) is 30.6 Å². The number of likely N-dealkylation sites (N-methyl/N-ethyl adjacent to an activating group) is 1. The number of dihydropyridines is 1. The minimum Gasteiger partial charge on any atom is -0.490 e. The number of methoxy groups -OCH3 is 1. The van der Waals surface area contributed by atoms with Crippen molar-refractivity contribution < 1.29 is 9.47 Å². The van der Waals surface area contributed by atoms with Crippen LogP contribution in [0.3, 0.4) is 0 Å². The molecule has 4 rings (SSSR count). The van der Waals surface area contributed by atoms with E-state index in [-0.39, 0.29) is 18.0 Å². The molecule has 32 heavy (non-hydrogen) atoms. The molecular weight excluding hydrogens is 404 g/mol. The zero-order valence-electron chi connectivity index (χ0n) is 19.9. The Kier molecular flexibility index (Phi) is 7.01. The van der Waals surface area contributed by atoms with Crippen molar-refractivity contribution in [3.8, 4) is 0 Å². The molecule has 1 aromatic rings. The van der Waals surface area contributed by atoms with Gasteiger partial charge in [0.25, 0.3) is 0 Å². The topological polar surface area (TPSA) is 86.8 Å². The highest BCUT2D eigenvalue weighted by Gasteiger charge is 2.40. The summed E-state index contributed by atoms with van der Waals surface area (Å²) in [7, 11) is 3.82. The summed E-state index contributed by atoms with van der Waals surface area (Å²) in [6, 6.07) is 0.216. The molecule has 3 atom stereocenters. The van der Waals surface area contributed by atoms with Crippen LogP contribution < -0.4 is 10.7 Å². The number of aromatic nitrogens is 2. The lowest BCUT2D eigenvalue weighted by Gasteiger charge is -2.39. The summed E-state index contributed by atoms with van der Waals surface area (Å²) in [5, 5.41) is 15.6. The molecule has 2 aliphatic heterocycles. The van der Waals surface area contributed by atoms with Crippen molar-refractivity contribution in [2.75, 3.05) is 40.5 Å². The number of ether oxygens (including phenoxy) is 2. The van der Waals surface area contributed by atoms with Crippen LogP contribution in [0.15, 0.2) is 45.5 Å². The highest BCUT2D eigenvalue weighted by atomic mass is 16.5. The number of hydrogen-bond donors (Lipinski definition) is 3. The first-order chi connectivity index (χ1) is 15.5. The summed E-state index contributed by atoms with van der Waals surface area (Å²) >= 11 is 0. The van der Waals surface area contributed by atoms with Crippen molar-refractivity contribution in [2.45, 2.75) is 45.7 Å². The summed E-state index contributed by atoms with van der Waals surface area (Å²) in [4.78, 5) is 2.22. The van der Waals surface area contributed by atoms with E-state index in [9.17, 15) is 0 Å². The van der Waals surface area contributed by atoms with E-state index in [0.717, 1.165) is 49.7 Å². The normalized spacial score (nSPS) is 24.3.